The van der Waals surface area contributed by atoms with Crippen LogP contribution in [0.2, 0.25) is 0 Å². The first-order valence-electron chi connectivity index (χ1n) is 4.39. The van der Waals surface area contributed by atoms with Crippen LogP contribution in [0.15, 0.2) is 30.1 Å². The van der Waals surface area contributed by atoms with Gasteiger partial charge in [-0.25, -0.2) is 4.79 Å². The standard InChI is InChI=1S/C9H11N3O4/c1-2-15-6-8(13)16-12-5-3-4-7(11-12)9(10)14/h2-4H,1,5-6H2,(H2,10,14). The Labute approximate surface area is 91.7 Å². The van der Waals surface area contributed by atoms with Gasteiger partial charge in [-0.05, 0) is 6.08 Å². The highest BCUT2D eigenvalue weighted by Crippen LogP contribution is 2.01. The van der Waals surface area contributed by atoms with Crippen molar-refractivity contribution in [1.82, 2.24) is 5.17 Å². The maximum atomic E-state index is 11.1. The summed E-state index contributed by atoms with van der Waals surface area (Å²) in [6.45, 7) is 3.25. The van der Waals surface area contributed by atoms with Crippen LogP contribution in [0, 0.1) is 0 Å². The van der Waals surface area contributed by atoms with Crippen molar-refractivity contribution >= 4 is 17.6 Å². The van der Waals surface area contributed by atoms with Crippen molar-refractivity contribution in [2.24, 2.45) is 10.8 Å². The maximum absolute atomic E-state index is 11.1. The van der Waals surface area contributed by atoms with Gasteiger partial charge in [0.15, 0.2) is 12.3 Å². The minimum Gasteiger partial charge on any atom is -0.490 e. The Balaban J connectivity index is 2.50. The molecule has 0 aromatic rings. The highest BCUT2D eigenvalue weighted by molar-refractivity contribution is 6.42. The van der Waals surface area contributed by atoms with E-state index in [1.54, 1.807) is 6.08 Å². The topological polar surface area (TPSA) is 94.2 Å². The van der Waals surface area contributed by atoms with Gasteiger partial charge < -0.3 is 15.3 Å². The van der Waals surface area contributed by atoms with E-state index >= 15 is 0 Å². The molecule has 0 aromatic carbocycles. The second-order valence-electron chi connectivity index (χ2n) is 2.73. The summed E-state index contributed by atoms with van der Waals surface area (Å²) in [6, 6.07) is 0. The molecule has 0 bridgehead atoms. The van der Waals surface area contributed by atoms with Crippen molar-refractivity contribution in [3.05, 3.63) is 25.0 Å². The number of hydrogen-bond donors (Lipinski definition) is 1. The summed E-state index contributed by atoms with van der Waals surface area (Å²) >= 11 is 0. The van der Waals surface area contributed by atoms with E-state index < -0.39 is 11.9 Å². The van der Waals surface area contributed by atoms with Gasteiger partial charge in [-0.2, -0.15) is 0 Å². The Kier molecular flexibility index (Phi) is 4.07. The number of nitrogens with two attached hydrogens (primary N) is 1. The van der Waals surface area contributed by atoms with E-state index in [4.69, 9.17) is 10.6 Å². The molecule has 1 heterocycles. The van der Waals surface area contributed by atoms with Crippen LogP contribution in [0.4, 0.5) is 0 Å². The maximum Gasteiger partial charge on any atom is 0.371 e. The average molecular weight is 225 g/mol. The van der Waals surface area contributed by atoms with Crippen molar-refractivity contribution in [2.75, 3.05) is 13.2 Å². The highest BCUT2D eigenvalue weighted by atomic mass is 16.7. The Morgan fingerprint density at radius 3 is 3.06 bits per heavy atom. The number of hydrazone groups is 1. The molecule has 0 aromatic heterocycles. The second kappa shape index (κ2) is 5.54. The molecule has 1 aliphatic rings. The summed E-state index contributed by atoms with van der Waals surface area (Å²) in [4.78, 5) is 26.6. The molecule has 0 fully saturated rings. The molecular formula is C9H11N3O4. The van der Waals surface area contributed by atoms with Gasteiger partial charge in [-0.1, -0.05) is 12.7 Å². The quantitative estimate of drug-likeness (QED) is 0.625. The fraction of sp³-hybridized carbons (Fsp3) is 0.222. The van der Waals surface area contributed by atoms with Crippen LogP contribution in [0.1, 0.15) is 0 Å². The third-order valence-corrected chi connectivity index (χ3v) is 1.54. The molecule has 0 atom stereocenters. The number of rotatable bonds is 5. The van der Waals surface area contributed by atoms with Crippen LogP contribution in [0.25, 0.3) is 0 Å². The number of carbonyl (C=O) groups is 2. The molecule has 7 heteroatoms. The highest BCUT2D eigenvalue weighted by Gasteiger charge is 2.15. The van der Waals surface area contributed by atoms with E-state index in [2.05, 4.69) is 16.4 Å². The van der Waals surface area contributed by atoms with Crippen LogP contribution in [-0.4, -0.2) is 35.9 Å². The fourth-order valence-corrected chi connectivity index (χ4v) is 0.909. The summed E-state index contributed by atoms with van der Waals surface area (Å²) < 4.78 is 4.62. The number of carbonyl (C=O) groups excluding carboxylic acids is 2. The molecule has 0 unspecified atom stereocenters. The second-order valence-corrected chi connectivity index (χ2v) is 2.73. The largest absolute Gasteiger partial charge is 0.490 e. The number of primary amides is 1. The van der Waals surface area contributed by atoms with Crippen LogP contribution in [0.3, 0.4) is 0 Å². The lowest BCUT2D eigenvalue weighted by molar-refractivity contribution is -0.191. The van der Waals surface area contributed by atoms with Gasteiger partial charge >= 0.3 is 5.97 Å². The molecule has 1 amide bonds. The molecule has 0 saturated heterocycles. The molecule has 0 spiro atoms. The van der Waals surface area contributed by atoms with Crippen molar-refractivity contribution in [1.29, 1.82) is 0 Å². The van der Waals surface area contributed by atoms with Gasteiger partial charge in [0.1, 0.15) is 0 Å². The summed E-state index contributed by atoms with van der Waals surface area (Å²) in [5.41, 5.74) is 5.03. The minimum atomic E-state index is -0.695. The minimum absolute atomic E-state index is 0.0173. The SMILES string of the molecule is C=COCC(=O)ON1CC=CC(C(N)=O)=N1. The van der Waals surface area contributed by atoms with Gasteiger partial charge in [0.2, 0.25) is 0 Å². The van der Waals surface area contributed by atoms with Crippen LogP contribution in [0.5, 0.6) is 0 Å². The van der Waals surface area contributed by atoms with E-state index in [0.29, 0.717) is 0 Å². The molecule has 2 N–H and O–H groups in total. The molecule has 0 aliphatic carbocycles. The van der Waals surface area contributed by atoms with Gasteiger partial charge in [0.25, 0.3) is 5.91 Å². The number of ether oxygens (including phenoxy) is 1. The number of hydroxylamine groups is 1. The number of hydrogen-bond acceptors (Lipinski definition) is 6. The van der Waals surface area contributed by atoms with E-state index in [9.17, 15) is 9.59 Å². The van der Waals surface area contributed by atoms with Crippen molar-refractivity contribution in [3.63, 3.8) is 0 Å². The van der Waals surface area contributed by atoms with Crippen molar-refractivity contribution in [2.45, 2.75) is 0 Å². The van der Waals surface area contributed by atoms with Crippen LogP contribution in [-0.2, 0) is 19.2 Å². The summed E-state index contributed by atoms with van der Waals surface area (Å²) in [5, 5.41) is 4.65. The molecule has 0 saturated carbocycles. The molecule has 16 heavy (non-hydrogen) atoms. The number of amides is 1. The zero-order chi connectivity index (χ0) is 12.0. The predicted molar refractivity (Wildman–Crippen MR) is 54.7 cm³/mol. The predicted octanol–water partition coefficient (Wildman–Crippen LogP) is -0.682. The first kappa shape index (κ1) is 11.8. The lowest BCUT2D eigenvalue weighted by Crippen LogP contribution is -2.32. The molecule has 0 radical (unpaired) electrons. The van der Waals surface area contributed by atoms with Crippen LogP contribution >= 0.6 is 0 Å². The first-order valence-corrected chi connectivity index (χ1v) is 4.39. The summed E-state index contributed by atoms with van der Waals surface area (Å²) in [6.07, 6.45) is 4.16. The van der Waals surface area contributed by atoms with E-state index in [1.807, 2.05) is 0 Å². The average Bonchev–Trinajstić information content (AvgIpc) is 2.26. The Morgan fingerprint density at radius 2 is 2.44 bits per heavy atom. The van der Waals surface area contributed by atoms with Gasteiger partial charge in [0.05, 0.1) is 12.8 Å². The van der Waals surface area contributed by atoms with E-state index in [0.717, 1.165) is 11.4 Å². The Hall–Kier alpha value is -2.31. The van der Waals surface area contributed by atoms with Gasteiger partial charge in [-0.15, -0.1) is 10.3 Å². The molecule has 86 valence electrons. The Morgan fingerprint density at radius 1 is 1.69 bits per heavy atom. The zero-order valence-corrected chi connectivity index (χ0v) is 8.46. The lowest BCUT2D eigenvalue weighted by atomic mass is 10.3. The Bertz CT molecular complexity index is 362. The molecule has 1 aliphatic heterocycles. The van der Waals surface area contributed by atoms with E-state index in [1.165, 1.54) is 6.08 Å². The summed E-state index contributed by atoms with van der Waals surface area (Å²) in [7, 11) is 0. The summed E-state index contributed by atoms with van der Waals surface area (Å²) in [5.74, 6) is -1.35. The normalized spacial score (nSPS) is 14.0. The zero-order valence-electron chi connectivity index (χ0n) is 8.46. The third-order valence-electron chi connectivity index (χ3n) is 1.54. The third kappa shape index (κ3) is 3.45. The fourth-order valence-electron chi connectivity index (χ4n) is 0.909. The molecule has 7 nitrogen and oxygen atoms in total. The van der Waals surface area contributed by atoms with Crippen molar-refractivity contribution in [3.8, 4) is 0 Å². The first-order chi connectivity index (χ1) is 7.63. The number of nitrogens with zero attached hydrogens (tertiary/aromatic N) is 2. The van der Waals surface area contributed by atoms with Gasteiger partial charge in [-0.3, -0.25) is 4.79 Å². The smallest absolute Gasteiger partial charge is 0.371 e. The van der Waals surface area contributed by atoms with Gasteiger partial charge in [0, 0.05) is 0 Å². The van der Waals surface area contributed by atoms with E-state index in [-0.39, 0.29) is 18.9 Å². The van der Waals surface area contributed by atoms with Crippen molar-refractivity contribution < 1.29 is 19.2 Å². The van der Waals surface area contributed by atoms with Crippen LogP contribution < -0.4 is 5.73 Å². The monoisotopic (exact) mass is 225 g/mol. The lowest BCUT2D eigenvalue weighted by Gasteiger charge is -2.18. The molecule has 1 rings (SSSR count). The molecular weight excluding hydrogens is 214 g/mol.